The van der Waals surface area contributed by atoms with E-state index in [9.17, 15) is 9.59 Å². The van der Waals surface area contributed by atoms with Crippen LogP contribution in [0.1, 0.15) is 31.4 Å². The molecule has 0 aliphatic carbocycles. The van der Waals surface area contributed by atoms with E-state index in [0.29, 0.717) is 6.54 Å². The molecular formula is C13H18N2O3S. The minimum Gasteiger partial charge on any atom is -0.464 e. The molecule has 2 atom stereocenters. The highest BCUT2D eigenvalue weighted by atomic mass is 32.1. The number of carbonyl (C=O) groups excluding carboxylic acids is 2. The number of hydrogen-bond acceptors (Lipinski definition) is 5. The van der Waals surface area contributed by atoms with Crippen molar-refractivity contribution in [1.82, 2.24) is 4.90 Å². The van der Waals surface area contributed by atoms with Gasteiger partial charge in [0.2, 0.25) is 0 Å². The highest BCUT2D eigenvalue weighted by Gasteiger charge is 2.36. The van der Waals surface area contributed by atoms with Crippen LogP contribution >= 0.6 is 11.3 Å². The fourth-order valence-electron chi connectivity index (χ4n) is 2.35. The van der Waals surface area contributed by atoms with Crippen LogP contribution in [0.3, 0.4) is 0 Å². The zero-order valence-corrected chi connectivity index (χ0v) is 11.7. The third kappa shape index (κ3) is 2.96. The average molecular weight is 282 g/mol. The molecule has 1 amide bonds. The van der Waals surface area contributed by atoms with E-state index in [1.807, 2.05) is 16.8 Å². The standard InChI is InChI=1S/C13H18N2O3S/c1-2-18-13(17)11(14)12(16)15-6-3-4-10(15)9-5-7-19-8-9/h5,7-8,10-11H,2-4,6,14H2,1H3. The number of hydrogen-bond donors (Lipinski definition) is 1. The molecule has 2 rings (SSSR count). The van der Waals surface area contributed by atoms with Gasteiger partial charge in [0, 0.05) is 6.54 Å². The van der Waals surface area contributed by atoms with E-state index in [2.05, 4.69) is 0 Å². The molecule has 0 bridgehead atoms. The molecule has 6 heteroatoms. The second-order valence-electron chi connectivity index (χ2n) is 4.48. The van der Waals surface area contributed by atoms with Gasteiger partial charge in [-0.1, -0.05) is 0 Å². The first-order valence-corrected chi connectivity index (χ1v) is 7.34. The van der Waals surface area contributed by atoms with Crippen molar-refractivity contribution in [2.45, 2.75) is 31.8 Å². The lowest BCUT2D eigenvalue weighted by molar-refractivity contribution is -0.151. The van der Waals surface area contributed by atoms with Gasteiger partial charge in [0.1, 0.15) is 0 Å². The summed E-state index contributed by atoms with van der Waals surface area (Å²) in [6.07, 6.45) is 1.85. The molecular weight excluding hydrogens is 264 g/mol. The zero-order valence-electron chi connectivity index (χ0n) is 10.9. The predicted molar refractivity (Wildman–Crippen MR) is 72.6 cm³/mol. The van der Waals surface area contributed by atoms with Gasteiger partial charge in [-0.2, -0.15) is 11.3 Å². The summed E-state index contributed by atoms with van der Waals surface area (Å²) in [5.74, 6) is -0.990. The first kappa shape index (κ1) is 14.0. The van der Waals surface area contributed by atoms with Gasteiger partial charge in [-0.05, 0) is 42.2 Å². The Morgan fingerprint density at radius 3 is 3.05 bits per heavy atom. The van der Waals surface area contributed by atoms with Gasteiger partial charge in [-0.3, -0.25) is 4.79 Å². The van der Waals surface area contributed by atoms with Crippen LogP contribution in [0.5, 0.6) is 0 Å². The summed E-state index contributed by atoms with van der Waals surface area (Å²) in [4.78, 5) is 25.5. The molecule has 2 unspecified atom stereocenters. The zero-order chi connectivity index (χ0) is 13.8. The van der Waals surface area contributed by atoms with Gasteiger partial charge in [-0.15, -0.1) is 0 Å². The molecule has 1 aliphatic rings. The summed E-state index contributed by atoms with van der Waals surface area (Å²) < 4.78 is 4.80. The Morgan fingerprint density at radius 1 is 1.63 bits per heavy atom. The van der Waals surface area contributed by atoms with Crippen LogP contribution in [0.2, 0.25) is 0 Å². The molecule has 0 radical (unpaired) electrons. The largest absolute Gasteiger partial charge is 0.464 e. The number of thiophene rings is 1. The molecule has 0 spiro atoms. The van der Waals surface area contributed by atoms with Gasteiger partial charge in [0.05, 0.1) is 12.6 Å². The number of rotatable bonds is 4. The minimum absolute atomic E-state index is 0.0410. The Labute approximate surface area is 116 Å². The second kappa shape index (κ2) is 6.16. The maximum Gasteiger partial charge on any atom is 0.332 e. The Kier molecular flexibility index (Phi) is 4.55. The van der Waals surface area contributed by atoms with E-state index in [1.54, 1.807) is 23.2 Å². The molecule has 1 aromatic rings. The number of nitrogens with two attached hydrogens (primary N) is 1. The molecule has 19 heavy (non-hydrogen) atoms. The maximum atomic E-state index is 12.3. The molecule has 5 nitrogen and oxygen atoms in total. The van der Waals surface area contributed by atoms with Crippen LogP contribution < -0.4 is 5.73 Å². The van der Waals surface area contributed by atoms with Crippen molar-refractivity contribution in [3.8, 4) is 0 Å². The van der Waals surface area contributed by atoms with Crippen molar-refractivity contribution in [3.63, 3.8) is 0 Å². The number of amides is 1. The molecule has 2 heterocycles. The van der Waals surface area contributed by atoms with Gasteiger partial charge in [0.15, 0.2) is 6.04 Å². The van der Waals surface area contributed by atoms with Crippen molar-refractivity contribution in [3.05, 3.63) is 22.4 Å². The van der Waals surface area contributed by atoms with Gasteiger partial charge >= 0.3 is 5.97 Å². The summed E-state index contributed by atoms with van der Waals surface area (Å²) in [7, 11) is 0. The summed E-state index contributed by atoms with van der Waals surface area (Å²) >= 11 is 1.60. The third-order valence-electron chi connectivity index (χ3n) is 3.27. The van der Waals surface area contributed by atoms with Crippen LogP contribution in [-0.2, 0) is 14.3 Å². The smallest absolute Gasteiger partial charge is 0.332 e. The van der Waals surface area contributed by atoms with Gasteiger partial charge in [0.25, 0.3) is 5.91 Å². The van der Waals surface area contributed by atoms with Crippen LogP contribution in [0.4, 0.5) is 0 Å². The first-order valence-electron chi connectivity index (χ1n) is 6.40. The van der Waals surface area contributed by atoms with E-state index in [1.165, 1.54) is 0 Å². The maximum absolute atomic E-state index is 12.3. The van der Waals surface area contributed by atoms with Crippen LogP contribution in [0.15, 0.2) is 16.8 Å². The molecule has 1 aromatic heterocycles. The molecule has 1 aliphatic heterocycles. The van der Waals surface area contributed by atoms with Crippen molar-refractivity contribution in [2.75, 3.05) is 13.2 Å². The summed E-state index contributed by atoms with van der Waals surface area (Å²) in [5, 5.41) is 4.02. The summed E-state index contributed by atoms with van der Waals surface area (Å²) in [5.41, 5.74) is 6.80. The van der Waals surface area contributed by atoms with E-state index in [4.69, 9.17) is 10.5 Å². The minimum atomic E-state index is -1.21. The molecule has 2 N–H and O–H groups in total. The fraction of sp³-hybridized carbons (Fsp3) is 0.538. The van der Waals surface area contributed by atoms with E-state index >= 15 is 0 Å². The van der Waals surface area contributed by atoms with Crippen molar-refractivity contribution >= 4 is 23.2 Å². The Hall–Kier alpha value is -1.40. The van der Waals surface area contributed by atoms with Crippen LogP contribution in [-0.4, -0.2) is 36.0 Å². The average Bonchev–Trinajstić information content (AvgIpc) is 3.06. The quantitative estimate of drug-likeness (QED) is 0.667. The molecule has 1 saturated heterocycles. The normalized spacial score (nSPS) is 20.3. The van der Waals surface area contributed by atoms with Gasteiger partial charge < -0.3 is 15.4 Å². The Bertz CT molecular complexity index is 447. The number of carbonyl (C=O) groups is 2. The highest BCUT2D eigenvalue weighted by molar-refractivity contribution is 7.07. The number of nitrogens with zero attached hydrogens (tertiary/aromatic N) is 1. The van der Waals surface area contributed by atoms with Crippen molar-refractivity contribution < 1.29 is 14.3 Å². The lowest BCUT2D eigenvalue weighted by Gasteiger charge is -2.26. The Balaban J connectivity index is 2.07. The molecule has 0 aromatic carbocycles. The third-order valence-corrected chi connectivity index (χ3v) is 3.97. The Morgan fingerprint density at radius 2 is 2.42 bits per heavy atom. The van der Waals surface area contributed by atoms with E-state index < -0.39 is 12.0 Å². The van der Waals surface area contributed by atoms with Gasteiger partial charge in [-0.25, -0.2) is 4.79 Å². The first-order chi connectivity index (χ1) is 9.15. The number of esters is 1. The predicted octanol–water partition coefficient (Wildman–Crippen LogP) is 1.30. The monoisotopic (exact) mass is 282 g/mol. The second-order valence-corrected chi connectivity index (χ2v) is 5.26. The topological polar surface area (TPSA) is 72.6 Å². The number of likely N-dealkylation sites (tertiary alicyclic amines) is 1. The van der Waals surface area contributed by atoms with Crippen LogP contribution in [0.25, 0.3) is 0 Å². The lowest BCUT2D eigenvalue weighted by atomic mass is 10.1. The van der Waals surface area contributed by atoms with Crippen molar-refractivity contribution in [1.29, 1.82) is 0 Å². The fourth-order valence-corrected chi connectivity index (χ4v) is 3.06. The summed E-state index contributed by atoms with van der Waals surface area (Å²) in [6.45, 7) is 2.57. The van der Waals surface area contributed by atoms with E-state index in [-0.39, 0.29) is 18.6 Å². The molecule has 1 fully saturated rings. The SMILES string of the molecule is CCOC(=O)C(N)C(=O)N1CCCC1c1ccsc1. The van der Waals surface area contributed by atoms with Crippen molar-refractivity contribution in [2.24, 2.45) is 5.73 Å². The summed E-state index contributed by atoms with van der Waals surface area (Å²) in [6, 6.07) is 0.843. The highest BCUT2D eigenvalue weighted by Crippen LogP contribution is 2.33. The van der Waals surface area contributed by atoms with Crippen LogP contribution in [0, 0.1) is 0 Å². The van der Waals surface area contributed by atoms with E-state index in [0.717, 1.165) is 18.4 Å². The molecule has 104 valence electrons. The molecule has 0 saturated carbocycles. The lowest BCUT2D eigenvalue weighted by Crippen LogP contribution is -2.48. The number of ether oxygens (including phenoxy) is 1.